The first-order valence-electron chi connectivity index (χ1n) is 9.32. The minimum absolute atomic E-state index is 0.0192. The molecule has 1 saturated carbocycles. The summed E-state index contributed by atoms with van der Waals surface area (Å²) in [5, 5.41) is 15.8. The first-order chi connectivity index (χ1) is 12.7. The van der Waals surface area contributed by atoms with Gasteiger partial charge in [-0.25, -0.2) is 14.6 Å². The second kappa shape index (κ2) is 7.58. The molecule has 0 spiro atoms. The van der Waals surface area contributed by atoms with Crippen LogP contribution in [0.2, 0.25) is 0 Å². The number of piperidine rings is 1. The van der Waals surface area contributed by atoms with Gasteiger partial charge in [-0.05, 0) is 46.5 Å². The number of likely N-dealkylation sites (tertiary alicyclic amines) is 1. The Morgan fingerprint density at radius 3 is 2.59 bits per heavy atom. The van der Waals surface area contributed by atoms with Crippen LogP contribution >= 0.6 is 0 Å². The van der Waals surface area contributed by atoms with Gasteiger partial charge in [0.15, 0.2) is 0 Å². The minimum atomic E-state index is -1.09. The number of carbonyl (C=O) groups is 2. The molecule has 3 N–H and O–H groups in total. The number of nitrogens with zero attached hydrogens (tertiary/aromatic N) is 3. The summed E-state index contributed by atoms with van der Waals surface area (Å²) < 4.78 is 5.44. The molecular formula is C18H27N5O4. The predicted octanol–water partition coefficient (Wildman–Crippen LogP) is 2.56. The van der Waals surface area contributed by atoms with Gasteiger partial charge in [-0.2, -0.15) is 4.98 Å². The van der Waals surface area contributed by atoms with Gasteiger partial charge in [0.1, 0.15) is 17.0 Å². The zero-order chi connectivity index (χ0) is 19.6. The minimum Gasteiger partial charge on any atom is -0.477 e. The lowest BCUT2D eigenvalue weighted by molar-refractivity contribution is 0.0206. The molecule has 2 heterocycles. The monoisotopic (exact) mass is 377 g/mol. The van der Waals surface area contributed by atoms with Gasteiger partial charge in [-0.3, -0.25) is 0 Å². The van der Waals surface area contributed by atoms with Crippen molar-refractivity contribution in [2.45, 2.75) is 64.1 Å². The van der Waals surface area contributed by atoms with E-state index in [1.807, 2.05) is 20.8 Å². The summed E-state index contributed by atoms with van der Waals surface area (Å²) in [7, 11) is 0. The molecule has 0 aromatic carbocycles. The first-order valence-corrected chi connectivity index (χ1v) is 9.32. The summed E-state index contributed by atoms with van der Waals surface area (Å²) in [5.41, 5.74) is -0.532. The van der Waals surface area contributed by atoms with Gasteiger partial charge in [0.25, 0.3) is 0 Å². The molecule has 1 saturated heterocycles. The van der Waals surface area contributed by atoms with E-state index in [-0.39, 0.29) is 23.5 Å². The Bertz CT molecular complexity index is 714. The molecule has 2 fully saturated rings. The summed E-state index contributed by atoms with van der Waals surface area (Å²) in [4.78, 5) is 33.9. The molecule has 148 valence electrons. The van der Waals surface area contributed by atoms with Gasteiger partial charge in [0.2, 0.25) is 5.95 Å². The molecule has 1 aliphatic carbocycles. The number of hydrogen-bond acceptors (Lipinski definition) is 7. The summed E-state index contributed by atoms with van der Waals surface area (Å²) in [5.74, 6) is -0.392. The lowest BCUT2D eigenvalue weighted by Crippen LogP contribution is -2.47. The van der Waals surface area contributed by atoms with E-state index >= 15 is 0 Å². The molecule has 1 amide bonds. The summed E-state index contributed by atoms with van der Waals surface area (Å²) in [6, 6.07) is 0.263. The molecule has 1 aliphatic heterocycles. The third-order valence-corrected chi connectivity index (χ3v) is 4.34. The number of ether oxygens (including phenoxy) is 1. The van der Waals surface area contributed by atoms with Crippen LogP contribution in [0.1, 0.15) is 56.8 Å². The second-order valence-corrected chi connectivity index (χ2v) is 8.09. The van der Waals surface area contributed by atoms with Gasteiger partial charge in [0, 0.05) is 31.4 Å². The summed E-state index contributed by atoms with van der Waals surface area (Å²) in [6.45, 7) is 6.55. The van der Waals surface area contributed by atoms with Crippen LogP contribution < -0.4 is 10.6 Å². The van der Waals surface area contributed by atoms with E-state index in [9.17, 15) is 14.7 Å². The van der Waals surface area contributed by atoms with Crippen LogP contribution in [0.4, 0.5) is 16.6 Å². The number of carbonyl (C=O) groups excluding carboxylic acids is 1. The van der Waals surface area contributed by atoms with E-state index in [4.69, 9.17) is 4.74 Å². The Morgan fingerprint density at radius 1 is 1.22 bits per heavy atom. The summed E-state index contributed by atoms with van der Waals surface area (Å²) >= 11 is 0. The Hall–Kier alpha value is -2.58. The number of hydrogen-bond donors (Lipinski definition) is 3. The number of carboxylic acid groups (broad SMARTS) is 1. The van der Waals surface area contributed by atoms with Crippen molar-refractivity contribution in [3.63, 3.8) is 0 Å². The van der Waals surface area contributed by atoms with Crippen molar-refractivity contribution in [3.05, 3.63) is 11.8 Å². The number of carboxylic acids is 1. The number of amides is 1. The normalized spacial score (nSPS) is 20.1. The van der Waals surface area contributed by atoms with E-state index in [1.165, 1.54) is 6.20 Å². The third-order valence-electron chi connectivity index (χ3n) is 4.34. The predicted molar refractivity (Wildman–Crippen MR) is 100 cm³/mol. The smallest absolute Gasteiger partial charge is 0.410 e. The van der Waals surface area contributed by atoms with Crippen molar-refractivity contribution in [3.8, 4) is 0 Å². The van der Waals surface area contributed by atoms with Crippen molar-refractivity contribution in [2.75, 3.05) is 23.7 Å². The topological polar surface area (TPSA) is 117 Å². The highest BCUT2D eigenvalue weighted by molar-refractivity contribution is 5.93. The molecule has 2 aliphatic rings. The van der Waals surface area contributed by atoms with E-state index in [0.717, 1.165) is 25.7 Å². The molecule has 27 heavy (non-hydrogen) atoms. The Kier molecular flexibility index (Phi) is 5.38. The highest BCUT2D eigenvalue weighted by Gasteiger charge is 2.29. The SMILES string of the molecule is CC(C)(C)OC(=O)N1CCCC(Nc2nc(NC3CC3)ncc2C(=O)O)C1. The average molecular weight is 377 g/mol. The number of aromatic carboxylic acids is 1. The van der Waals surface area contributed by atoms with E-state index in [0.29, 0.717) is 25.1 Å². The molecule has 1 aromatic heterocycles. The molecule has 9 nitrogen and oxygen atoms in total. The van der Waals surface area contributed by atoms with Crippen LogP contribution in [-0.4, -0.2) is 62.8 Å². The summed E-state index contributed by atoms with van der Waals surface area (Å²) in [6.07, 6.45) is 4.72. The van der Waals surface area contributed by atoms with Crippen molar-refractivity contribution >= 4 is 23.8 Å². The van der Waals surface area contributed by atoms with Crippen molar-refractivity contribution in [1.29, 1.82) is 0 Å². The first kappa shape index (κ1) is 19.2. The molecule has 1 aromatic rings. The van der Waals surface area contributed by atoms with Crippen LogP contribution in [0.15, 0.2) is 6.20 Å². The van der Waals surface area contributed by atoms with Crippen molar-refractivity contribution in [2.24, 2.45) is 0 Å². The molecule has 1 unspecified atom stereocenters. The maximum absolute atomic E-state index is 12.3. The highest BCUT2D eigenvalue weighted by atomic mass is 16.6. The standard InChI is InChI=1S/C18H27N5O4/c1-18(2,3)27-17(26)23-8-4-5-12(10-23)20-14-13(15(24)25)9-19-16(22-14)21-11-6-7-11/h9,11-12H,4-8,10H2,1-3H3,(H,24,25)(H2,19,20,21,22). The van der Waals surface area contributed by atoms with Crippen LogP contribution in [-0.2, 0) is 4.74 Å². The van der Waals surface area contributed by atoms with Crippen LogP contribution in [0.25, 0.3) is 0 Å². The number of anilines is 2. The van der Waals surface area contributed by atoms with Crippen molar-refractivity contribution < 1.29 is 19.4 Å². The van der Waals surface area contributed by atoms with Crippen LogP contribution in [0.3, 0.4) is 0 Å². The average Bonchev–Trinajstić information content (AvgIpc) is 3.37. The number of aromatic nitrogens is 2. The van der Waals surface area contributed by atoms with Gasteiger partial charge >= 0.3 is 12.1 Å². The second-order valence-electron chi connectivity index (χ2n) is 8.09. The Morgan fingerprint density at radius 2 is 1.96 bits per heavy atom. The third kappa shape index (κ3) is 5.45. The van der Waals surface area contributed by atoms with Gasteiger partial charge in [-0.15, -0.1) is 0 Å². The fraction of sp³-hybridized carbons (Fsp3) is 0.667. The Balaban J connectivity index is 1.69. The van der Waals surface area contributed by atoms with Gasteiger partial charge in [-0.1, -0.05) is 0 Å². The maximum Gasteiger partial charge on any atom is 0.410 e. The largest absolute Gasteiger partial charge is 0.477 e. The zero-order valence-electron chi connectivity index (χ0n) is 16.0. The van der Waals surface area contributed by atoms with Crippen molar-refractivity contribution in [1.82, 2.24) is 14.9 Å². The lowest BCUT2D eigenvalue weighted by Gasteiger charge is -2.34. The number of nitrogens with one attached hydrogen (secondary N) is 2. The van der Waals surface area contributed by atoms with Crippen LogP contribution in [0, 0.1) is 0 Å². The lowest BCUT2D eigenvalue weighted by atomic mass is 10.1. The fourth-order valence-corrected chi connectivity index (χ4v) is 2.91. The maximum atomic E-state index is 12.3. The molecule has 0 bridgehead atoms. The van der Waals surface area contributed by atoms with Gasteiger partial charge in [0.05, 0.1) is 0 Å². The van der Waals surface area contributed by atoms with E-state index in [2.05, 4.69) is 20.6 Å². The molecular weight excluding hydrogens is 350 g/mol. The quantitative estimate of drug-likeness (QED) is 0.717. The van der Waals surface area contributed by atoms with Crippen LogP contribution in [0.5, 0.6) is 0 Å². The van der Waals surface area contributed by atoms with Gasteiger partial charge < -0.3 is 25.4 Å². The molecule has 0 radical (unpaired) electrons. The number of rotatable bonds is 5. The highest BCUT2D eigenvalue weighted by Crippen LogP contribution is 2.25. The fourth-order valence-electron chi connectivity index (χ4n) is 2.91. The molecule has 3 rings (SSSR count). The van der Waals surface area contributed by atoms with E-state index in [1.54, 1.807) is 4.90 Å². The molecule has 9 heteroatoms. The molecule has 1 atom stereocenters. The zero-order valence-corrected chi connectivity index (χ0v) is 16.0. The Labute approximate surface area is 158 Å². The van der Waals surface area contributed by atoms with E-state index < -0.39 is 11.6 Å².